The topological polar surface area (TPSA) is 62.2 Å². The van der Waals surface area contributed by atoms with Gasteiger partial charge in [-0.25, -0.2) is 4.98 Å². The van der Waals surface area contributed by atoms with Gasteiger partial charge in [0.05, 0.1) is 23.7 Å². The van der Waals surface area contributed by atoms with Crippen LogP contribution in [0.5, 0.6) is 0 Å². The van der Waals surface area contributed by atoms with Crippen molar-refractivity contribution in [2.24, 2.45) is 5.92 Å². The molecule has 0 radical (unpaired) electrons. The lowest BCUT2D eigenvalue weighted by Crippen LogP contribution is -2.41. The van der Waals surface area contributed by atoms with Gasteiger partial charge in [0.2, 0.25) is 0 Å². The Morgan fingerprint density at radius 1 is 1.40 bits per heavy atom. The number of halogens is 1. The standard InChI is InChI=1S/C15H17ClN2O2/c1-9(2)13(8-19)18-15(20)11-7-14(16)17-12-6-4-3-5-10(11)12/h3-7,9,13,19H,8H2,1-2H3,(H,18,20). The molecule has 1 heterocycles. The van der Waals surface area contributed by atoms with Crippen LogP contribution < -0.4 is 5.32 Å². The highest BCUT2D eigenvalue weighted by Gasteiger charge is 2.18. The number of aromatic nitrogens is 1. The minimum Gasteiger partial charge on any atom is -0.394 e. The average Bonchev–Trinajstić information content (AvgIpc) is 2.43. The molecule has 2 aromatic rings. The molecule has 106 valence electrons. The summed E-state index contributed by atoms with van der Waals surface area (Å²) in [5.41, 5.74) is 1.15. The summed E-state index contributed by atoms with van der Waals surface area (Å²) in [5, 5.41) is 13.2. The Morgan fingerprint density at radius 2 is 2.10 bits per heavy atom. The van der Waals surface area contributed by atoms with Crippen molar-refractivity contribution in [3.8, 4) is 0 Å². The van der Waals surface area contributed by atoms with Crippen LogP contribution in [0.3, 0.4) is 0 Å². The molecule has 5 heteroatoms. The predicted octanol–water partition coefficient (Wildman–Crippen LogP) is 2.63. The second-order valence-corrected chi connectivity index (χ2v) is 5.40. The molecule has 0 saturated carbocycles. The van der Waals surface area contributed by atoms with E-state index in [0.717, 1.165) is 5.39 Å². The zero-order chi connectivity index (χ0) is 14.7. The predicted molar refractivity (Wildman–Crippen MR) is 79.9 cm³/mol. The van der Waals surface area contributed by atoms with Crippen molar-refractivity contribution in [2.45, 2.75) is 19.9 Å². The van der Waals surface area contributed by atoms with Gasteiger partial charge in [-0.2, -0.15) is 0 Å². The number of carbonyl (C=O) groups is 1. The summed E-state index contributed by atoms with van der Waals surface area (Å²) in [7, 11) is 0. The van der Waals surface area contributed by atoms with Gasteiger partial charge in [0, 0.05) is 5.39 Å². The van der Waals surface area contributed by atoms with Crippen LogP contribution in [0, 0.1) is 5.92 Å². The van der Waals surface area contributed by atoms with Crippen LogP contribution in [0.2, 0.25) is 5.15 Å². The van der Waals surface area contributed by atoms with Crippen LogP contribution in [0.15, 0.2) is 30.3 Å². The summed E-state index contributed by atoms with van der Waals surface area (Å²) in [6, 6.07) is 8.60. The molecule has 1 amide bonds. The summed E-state index contributed by atoms with van der Waals surface area (Å²) < 4.78 is 0. The molecule has 2 N–H and O–H groups in total. The van der Waals surface area contributed by atoms with Gasteiger partial charge >= 0.3 is 0 Å². The van der Waals surface area contributed by atoms with Gasteiger partial charge in [-0.1, -0.05) is 43.6 Å². The fraction of sp³-hybridized carbons (Fsp3) is 0.333. The lowest BCUT2D eigenvalue weighted by atomic mass is 10.0. The van der Waals surface area contributed by atoms with E-state index < -0.39 is 0 Å². The number of nitrogens with zero attached hydrogens (tertiary/aromatic N) is 1. The largest absolute Gasteiger partial charge is 0.394 e. The number of para-hydroxylation sites is 1. The summed E-state index contributed by atoms with van der Waals surface area (Å²) in [6.45, 7) is 3.79. The van der Waals surface area contributed by atoms with Crippen molar-refractivity contribution in [1.82, 2.24) is 10.3 Å². The number of aliphatic hydroxyl groups is 1. The van der Waals surface area contributed by atoms with E-state index in [-0.39, 0.29) is 29.6 Å². The van der Waals surface area contributed by atoms with Gasteiger partial charge in [0.25, 0.3) is 5.91 Å². The third kappa shape index (κ3) is 3.08. The number of nitrogens with one attached hydrogen (secondary N) is 1. The molecular formula is C15H17ClN2O2. The Labute approximate surface area is 122 Å². The van der Waals surface area contributed by atoms with Crippen molar-refractivity contribution in [2.75, 3.05) is 6.61 Å². The first-order valence-corrected chi connectivity index (χ1v) is 6.87. The third-order valence-electron chi connectivity index (χ3n) is 3.25. The van der Waals surface area contributed by atoms with Gasteiger partial charge in [0.1, 0.15) is 5.15 Å². The molecule has 1 aromatic carbocycles. The van der Waals surface area contributed by atoms with E-state index in [1.165, 1.54) is 0 Å². The minimum absolute atomic E-state index is 0.0971. The fourth-order valence-corrected chi connectivity index (χ4v) is 2.20. The number of rotatable bonds is 4. The van der Waals surface area contributed by atoms with Crippen molar-refractivity contribution in [3.05, 3.63) is 41.0 Å². The second kappa shape index (κ2) is 6.20. The Balaban J connectivity index is 2.39. The number of hydrogen-bond acceptors (Lipinski definition) is 3. The van der Waals surface area contributed by atoms with Crippen LogP contribution in [-0.4, -0.2) is 28.6 Å². The highest BCUT2D eigenvalue weighted by molar-refractivity contribution is 6.30. The fourth-order valence-electron chi connectivity index (χ4n) is 2.00. The summed E-state index contributed by atoms with van der Waals surface area (Å²) in [6.07, 6.45) is 0. The maximum absolute atomic E-state index is 12.4. The maximum Gasteiger partial charge on any atom is 0.252 e. The highest BCUT2D eigenvalue weighted by atomic mass is 35.5. The molecule has 0 spiro atoms. The number of benzene rings is 1. The first-order valence-electron chi connectivity index (χ1n) is 6.50. The molecule has 20 heavy (non-hydrogen) atoms. The van der Waals surface area contributed by atoms with E-state index in [1.54, 1.807) is 6.07 Å². The number of fused-ring (bicyclic) bond motifs is 1. The maximum atomic E-state index is 12.4. The van der Waals surface area contributed by atoms with Crippen LogP contribution in [0.4, 0.5) is 0 Å². The van der Waals surface area contributed by atoms with Crippen LogP contribution in [0.25, 0.3) is 10.9 Å². The molecule has 1 aromatic heterocycles. The van der Waals surface area contributed by atoms with Crippen LogP contribution in [-0.2, 0) is 0 Å². The zero-order valence-corrected chi connectivity index (χ0v) is 12.2. The summed E-state index contributed by atoms with van der Waals surface area (Å²) in [4.78, 5) is 16.6. The van der Waals surface area contributed by atoms with Crippen LogP contribution >= 0.6 is 11.6 Å². The summed E-state index contributed by atoms with van der Waals surface area (Å²) >= 11 is 5.96. The smallest absolute Gasteiger partial charge is 0.252 e. The van der Waals surface area contributed by atoms with Crippen molar-refractivity contribution in [3.63, 3.8) is 0 Å². The molecule has 0 saturated heterocycles. The Morgan fingerprint density at radius 3 is 2.75 bits per heavy atom. The number of pyridine rings is 1. The molecule has 1 unspecified atom stereocenters. The number of hydrogen-bond donors (Lipinski definition) is 2. The minimum atomic E-state index is -0.284. The van der Waals surface area contributed by atoms with Gasteiger partial charge in [-0.3, -0.25) is 4.79 Å². The van der Waals surface area contributed by atoms with Gasteiger partial charge in [-0.15, -0.1) is 0 Å². The van der Waals surface area contributed by atoms with E-state index in [4.69, 9.17) is 11.6 Å². The van der Waals surface area contributed by atoms with Crippen molar-refractivity contribution < 1.29 is 9.90 Å². The molecule has 0 aliphatic heterocycles. The van der Waals surface area contributed by atoms with E-state index >= 15 is 0 Å². The van der Waals surface area contributed by atoms with E-state index in [9.17, 15) is 9.90 Å². The average molecular weight is 293 g/mol. The van der Waals surface area contributed by atoms with Gasteiger partial charge in [-0.05, 0) is 18.1 Å². The first kappa shape index (κ1) is 14.8. The third-order valence-corrected chi connectivity index (χ3v) is 3.44. The Bertz CT molecular complexity index is 628. The monoisotopic (exact) mass is 292 g/mol. The van der Waals surface area contributed by atoms with Crippen molar-refractivity contribution >= 4 is 28.4 Å². The molecule has 1 atom stereocenters. The molecule has 0 aliphatic carbocycles. The molecule has 4 nitrogen and oxygen atoms in total. The normalized spacial score (nSPS) is 12.7. The molecule has 2 rings (SSSR count). The van der Waals surface area contributed by atoms with Gasteiger partial charge in [0.15, 0.2) is 0 Å². The highest BCUT2D eigenvalue weighted by Crippen LogP contribution is 2.21. The lowest BCUT2D eigenvalue weighted by Gasteiger charge is -2.20. The lowest BCUT2D eigenvalue weighted by molar-refractivity contribution is 0.0898. The SMILES string of the molecule is CC(C)C(CO)NC(=O)c1cc(Cl)nc2ccccc12. The Hall–Kier alpha value is -1.65. The van der Waals surface area contributed by atoms with Crippen LogP contribution in [0.1, 0.15) is 24.2 Å². The Kier molecular flexibility index (Phi) is 4.57. The molecular weight excluding hydrogens is 276 g/mol. The number of amides is 1. The summed E-state index contributed by atoms with van der Waals surface area (Å²) in [5.74, 6) is -0.106. The molecule has 0 bridgehead atoms. The zero-order valence-electron chi connectivity index (χ0n) is 11.4. The molecule has 0 aliphatic rings. The molecule has 0 fully saturated rings. The quantitative estimate of drug-likeness (QED) is 0.852. The van der Waals surface area contributed by atoms with Gasteiger partial charge < -0.3 is 10.4 Å². The van der Waals surface area contributed by atoms with E-state index in [2.05, 4.69) is 10.3 Å². The number of carbonyl (C=O) groups excluding carboxylic acids is 1. The van der Waals surface area contributed by atoms with E-state index in [1.807, 2.05) is 38.1 Å². The first-order chi connectivity index (χ1) is 9.52. The number of aliphatic hydroxyl groups excluding tert-OH is 1. The van der Waals surface area contributed by atoms with Crippen molar-refractivity contribution in [1.29, 1.82) is 0 Å². The van der Waals surface area contributed by atoms with E-state index in [0.29, 0.717) is 11.1 Å². The second-order valence-electron chi connectivity index (χ2n) is 5.02.